The lowest BCUT2D eigenvalue weighted by Crippen LogP contribution is -1.93. The van der Waals surface area contributed by atoms with Crippen LogP contribution in [-0.4, -0.2) is 23.7 Å². The summed E-state index contributed by atoms with van der Waals surface area (Å²) in [6.07, 6.45) is 1.88. The molecule has 0 amide bonds. The Morgan fingerprint density at radius 1 is 1.47 bits per heavy atom. The van der Waals surface area contributed by atoms with Crippen LogP contribution in [-0.2, 0) is 11.2 Å². The molecule has 80 valence electrons. The van der Waals surface area contributed by atoms with Crippen LogP contribution in [0.2, 0.25) is 5.02 Å². The molecule has 0 fully saturated rings. The standard InChI is InChI=1S/C11H13ClN2O/c1-15-6-2-3-11-13-9-5-4-8(12)7-10(9)14-11/h4-5,7H,2-3,6H2,1H3,(H,13,14). The first-order chi connectivity index (χ1) is 7.29. The molecule has 1 aromatic carbocycles. The lowest BCUT2D eigenvalue weighted by Gasteiger charge is -1.95. The number of aromatic nitrogens is 2. The second kappa shape index (κ2) is 4.64. The Kier molecular flexibility index (Phi) is 3.23. The van der Waals surface area contributed by atoms with Gasteiger partial charge in [-0.05, 0) is 24.6 Å². The number of halogens is 1. The average Bonchev–Trinajstić information content (AvgIpc) is 2.60. The van der Waals surface area contributed by atoms with Gasteiger partial charge < -0.3 is 9.72 Å². The minimum absolute atomic E-state index is 0.731. The molecule has 0 aliphatic carbocycles. The van der Waals surface area contributed by atoms with Crippen molar-refractivity contribution in [2.45, 2.75) is 12.8 Å². The number of imidazole rings is 1. The van der Waals surface area contributed by atoms with Gasteiger partial charge in [-0.25, -0.2) is 4.98 Å². The minimum Gasteiger partial charge on any atom is -0.385 e. The molecule has 1 heterocycles. The zero-order valence-corrected chi connectivity index (χ0v) is 9.34. The summed E-state index contributed by atoms with van der Waals surface area (Å²) >= 11 is 5.89. The van der Waals surface area contributed by atoms with Crippen LogP contribution in [0.1, 0.15) is 12.2 Å². The maximum Gasteiger partial charge on any atom is 0.107 e. The molecule has 0 bridgehead atoms. The van der Waals surface area contributed by atoms with E-state index >= 15 is 0 Å². The number of benzene rings is 1. The molecule has 3 nitrogen and oxygen atoms in total. The molecule has 0 unspecified atom stereocenters. The predicted molar refractivity (Wildman–Crippen MR) is 61.3 cm³/mol. The van der Waals surface area contributed by atoms with E-state index in [0.29, 0.717) is 0 Å². The van der Waals surface area contributed by atoms with Gasteiger partial charge in [-0.2, -0.15) is 0 Å². The van der Waals surface area contributed by atoms with Gasteiger partial charge in [-0.1, -0.05) is 11.6 Å². The molecule has 15 heavy (non-hydrogen) atoms. The van der Waals surface area contributed by atoms with Gasteiger partial charge >= 0.3 is 0 Å². The summed E-state index contributed by atoms with van der Waals surface area (Å²) < 4.78 is 4.99. The van der Waals surface area contributed by atoms with E-state index in [1.807, 2.05) is 18.2 Å². The van der Waals surface area contributed by atoms with Gasteiger partial charge in [0.2, 0.25) is 0 Å². The number of nitrogens with zero attached hydrogens (tertiary/aromatic N) is 1. The zero-order valence-electron chi connectivity index (χ0n) is 8.59. The summed E-state index contributed by atoms with van der Waals surface area (Å²) in [5.41, 5.74) is 1.96. The Labute approximate surface area is 93.4 Å². The fourth-order valence-electron chi connectivity index (χ4n) is 1.54. The summed E-state index contributed by atoms with van der Waals surface area (Å²) in [5.74, 6) is 0.990. The van der Waals surface area contributed by atoms with Crippen LogP contribution >= 0.6 is 11.6 Å². The summed E-state index contributed by atoms with van der Waals surface area (Å²) in [7, 11) is 1.71. The number of hydrogen-bond acceptors (Lipinski definition) is 2. The highest BCUT2D eigenvalue weighted by Crippen LogP contribution is 2.17. The van der Waals surface area contributed by atoms with Gasteiger partial charge in [-0.15, -0.1) is 0 Å². The first-order valence-corrected chi connectivity index (χ1v) is 5.30. The smallest absolute Gasteiger partial charge is 0.107 e. The Bertz CT molecular complexity index is 453. The molecule has 0 radical (unpaired) electrons. The van der Waals surface area contributed by atoms with Crippen molar-refractivity contribution >= 4 is 22.6 Å². The van der Waals surface area contributed by atoms with E-state index in [9.17, 15) is 0 Å². The van der Waals surface area contributed by atoms with Crippen molar-refractivity contribution in [3.63, 3.8) is 0 Å². The van der Waals surface area contributed by atoms with Crippen LogP contribution in [0, 0.1) is 0 Å². The summed E-state index contributed by atoms with van der Waals surface area (Å²) in [6.45, 7) is 0.762. The van der Waals surface area contributed by atoms with Gasteiger partial charge in [0, 0.05) is 25.2 Å². The average molecular weight is 225 g/mol. The first-order valence-electron chi connectivity index (χ1n) is 4.92. The lowest BCUT2D eigenvalue weighted by atomic mass is 10.3. The van der Waals surface area contributed by atoms with E-state index in [1.54, 1.807) is 7.11 Å². The first kappa shape index (κ1) is 10.5. The third kappa shape index (κ3) is 2.49. The van der Waals surface area contributed by atoms with E-state index in [-0.39, 0.29) is 0 Å². The van der Waals surface area contributed by atoms with Gasteiger partial charge in [-0.3, -0.25) is 0 Å². The van der Waals surface area contributed by atoms with E-state index < -0.39 is 0 Å². The number of hydrogen-bond donors (Lipinski definition) is 1. The highest BCUT2D eigenvalue weighted by Gasteiger charge is 2.02. The minimum atomic E-state index is 0.731. The molecule has 0 saturated carbocycles. The Morgan fingerprint density at radius 3 is 3.13 bits per heavy atom. The number of nitrogens with one attached hydrogen (secondary N) is 1. The number of aromatic amines is 1. The van der Waals surface area contributed by atoms with Crippen LogP contribution in [0.15, 0.2) is 18.2 Å². The number of ether oxygens (including phenoxy) is 1. The maximum absolute atomic E-state index is 5.89. The zero-order chi connectivity index (χ0) is 10.7. The van der Waals surface area contributed by atoms with Crippen LogP contribution in [0.3, 0.4) is 0 Å². The highest BCUT2D eigenvalue weighted by molar-refractivity contribution is 6.31. The van der Waals surface area contributed by atoms with Crippen LogP contribution in [0.25, 0.3) is 11.0 Å². The normalized spacial score (nSPS) is 11.1. The topological polar surface area (TPSA) is 37.9 Å². The fraction of sp³-hybridized carbons (Fsp3) is 0.364. The third-order valence-electron chi connectivity index (χ3n) is 2.26. The molecule has 0 aliphatic rings. The maximum atomic E-state index is 5.89. The Balaban J connectivity index is 2.16. The summed E-state index contributed by atoms with van der Waals surface area (Å²) in [5, 5.41) is 0.731. The number of H-pyrrole nitrogens is 1. The number of methoxy groups -OCH3 is 1. The molecule has 4 heteroatoms. The molecular weight excluding hydrogens is 212 g/mol. The molecule has 0 atom stereocenters. The molecule has 0 aliphatic heterocycles. The van der Waals surface area contributed by atoms with Crippen LogP contribution in [0.4, 0.5) is 0 Å². The van der Waals surface area contributed by atoms with Crippen LogP contribution in [0.5, 0.6) is 0 Å². The van der Waals surface area contributed by atoms with Gasteiger partial charge in [0.1, 0.15) is 5.82 Å². The second-order valence-corrected chi connectivity index (χ2v) is 3.88. The van der Waals surface area contributed by atoms with Gasteiger partial charge in [0.15, 0.2) is 0 Å². The molecule has 0 spiro atoms. The van der Waals surface area contributed by atoms with Crippen molar-refractivity contribution in [1.82, 2.24) is 9.97 Å². The molecule has 1 N–H and O–H groups in total. The Morgan fingerprint density at radius 2 is 2.33 bits per heavy atom. The van der Waals surface area contributed by atoms with Crippen LogP contribution < -0.4 is 0 Å². The molecule has 2 rings (SSSR count). The number of aryl methyl sites for hydroxylation is 1. The van der Waals surface area contributed by atoms with Crippen molar-refractivity contribution < 1.29 is 4.74 Å². The van der Waals surface area contributed by atoms with Crippen molar-refractivity contribution in [3.05, 3.63) is 29.0 Å². The van der Waals surface area contributed by atoms with Gasteiger partial charge in [0.25, 0.3) is 0 Å². The summed E-state index contributed by atoms with van der Waals surface area (Å²) in [6, 6.07) is 5.67. The lowest BCUT2D eigenvalue weighted by molar-refractivity contribution is 0.194. The highest BCUT2D eigenvalue weighted by atomic mass is 35.5. The monoisotopic (exact) mass is 224 g/mol. The molecule has 0 saturated heterocycles. The van der Waals surface area contributed by atoms with Crippen molar-refractivity contribution in [2.24, 2.45) is 0 Å². The quantitative estimate of drug-likeness (QED) is 0.811. The van der Waals surface area contributed by atoms with E-state index in [1.165, 1.54) is 0 Å². The van der Waals surface area contributed by atoms with E-state index in [0.717, 1.165) is 41.3 Å². The molecule has 1 aromatic heterocycles. The van der Waals surface area contributed by atoms with Gasteiger partial charge in [0.05, 0.1) is 11.0 Å². The van der Waals surface area contributed by atoms with E-state index in [2.05, 4.69) is 9.97 Å². The number of rotatable bonds is 4. The predicted octanol–water partition coefficient (Wildman–Crippen LogP) is 2.80. The SMILES string of the molecule is COCCCc1nc2ccc(Cl)cc2[nH]1. The summed E-state index contributed by atoms with van der Waals surface area (Å²) in [4.78, 5) is 7.70. The Hall–Kier alpha value is -1.06. The number of fused-ring (bicyclic) bond motifs is 1. The van der Waals surface area contributed by atoms with E-state index in [4.69, 9.17) is 16.3 Å². The molecular formula is C11H13ClN2O. The largest absolute Gasteiger partial charge is 0.385 e. The van der Waals surface area contributed by atoms with Crippen molar-refractivity contribution in [3.8, 4) is 0 Å². The van der Waals surface area contributed by atoms with Crippen molar-refractivity contribution in [2.75, 3.05) is 13.7 Å². The molecule has 2 aromatic rings. The second-order valence-electron chi connectivity index (χ2n) is 3.44. The fourth-order valence-corrected chi connectivity index (χ4v) is 1.71. The third-order valence-corrected chi connectivity index (χ3v) is 2.49. The van der Waals surface area contributed by atoms with Crippen molar-refractivity contribution in [1.29, 1.82) is 0 Å².